The minimum Gasteiger partial charge on any atom is -0.468 e. The summed E-state index contributed by atoms with van der Waals surface area (Å²) in [5, 5.41) is 3.07. The molecule has 1 N–H and O–H groups in total. The lowest BCUT2D eigenvalue weighted by atomic mass is 10.0. The second kappa shape index (κ2) is 11.5. The molecule has 0 rings (SSSR count). The van der Waals surface area contributed by atoms with Crippen LogP contribution in [-0.4, -0.2) is 38.9 Å². The topological polar surface area (TPSA) is 47.6 Å². The second-order valence-corrected chi connectivity index (χ2v) is 4.59. The third kappa shape index (κ3) is 7.67. The van der Waals surface area contributed by atoms with Gasteiger partial charge < -0.3 is 14.8 Å². The molecule has 0 aliphatic heterocycles. The summed E-state index contributed by atoms with van der Waals surface area (Å²) in [4.78, 5) is 11.5. The summed E-state index contributed by atoms with van der Waals surface area (Å²) in [6.07, 6.45) is 4.80. The van der Waals surface area contributed by atoms with Gasteiger partial charge in [-0.05, 0) is 18.9 Å². The third-order valence-electron chi connectivity index (χ3n) is 3.12. The molecule has 0 spiro atoms. The second-order valence-electron chi connectivity index (χ2n) is 4.59. The summed E-state index contributed by atoms with van der Waals surface area (Å²) in [7, 11) is 1.41. The smallest absolute Gasteiger partial charge is 0.325 e. The summed E-state index contributed by atoms with van der Waals surface area (Å²) in [5.41, 5.74) is 0. The van der Waals surface area contributed by atoms with Gasteiger partial charge in [-0.15, -0.1) is 0 Å². The molecule has 0 aromatic rings. The largest absolute Gasteiger partial charge is 0.468 e. The van der Waals surface area contributed by atoms with Gasteiger partial charge in [-0.1, -0.05) is 40.0 Å². The van der Waals surface area contributed by atoms with Crippen molar-refractivity contribution in [3.63, 3.8) is 0 Å². The van der Waals surface area contributed by atoms with Gasteiger partial charge in [0.05, 0.1) is 13.7 Å². The average molecular weight is 259 g/mol. The van der Waals surface area contributed by atoms with Crippen LogP contribution in [-0.2, 0) is 14.3 Å². The fourth-order valence-corrected chi connectivity index (χ4v) is 1.85. The van der Waals surface area contributed by atoms with Crippen LogP contribution in [0.25, 0.3) is 0 Å². The van der Waals surface area contributed by atoms with Crippen molar-refractivity contribution in [2.45, 2.75) is 52.5 Å². The fourth-order valence-electron chi connectivity index (χ4n) is 1.85. The number of nitrogens with one attached hydrogen (secondary N) is 1. The number of likely N-dealkylation sites (N-methyl/N-ethyl adjacent to an activating group) is 1. The summed E-state index contributed by atoms with van der Waals surface area (Å²) in [5.74, 6) is 0.350. The minimum atomic E-state index is -0.344. The van der Waals surface area contributed by atoms with E-state index >= 15 is 0 Å². The molecule has 0 aliphatic carbocycles. The van der Waals surface area contributed by atoms with Crippen LogP contribution in [0.4, 0.5) is 0 Å². The average Bonchev–Trinajstić information content (AvgIpc) is 2.40. The van der Waals surface area contributed by atoms with E-state index in [9.17, 15) is 4.79 Å². The molecule has 0 aromatic heterocycles. The first-order chi connectivity index (χ1) is 8.69. The fraction of sp³-hybridized carbons (Fsp3) is 0.929. The highest BCUT2D eigenvalue weighted by atomic mass is 16.5. The van der Waals surface area contributed by atoms with Crippen LogP contribution in [0, 0.1) is 5.92 Å². The number of unbranched alkanes of at least 4 members (excludes halogenated alkanes) is 1. The summed E-state index contributed by atoms with van der Waals surface area (Å²) in [6, 6.07) is -0.344. The Kier molecular flexibility index (Phi) is 11.1. The maximum absolute atomic E-state index is 11.5. The van der Waals surface area contributed by atoms with E-state index in [1.807, 2.05) is 6.92 Å². The first kappa shape index (κ1) is 17.4. The molecular formula is C14H29NO3. The Morgan fingerprint density at radius 2 is 1.94 bits per heavy atom. The lowest BCUT2D eigenvalue weighted by Crippen LogP contribution is -2.41. The van der Waals surface area contributed by atoms with Crippen LogP contribution >= 0.6 is 0 Å². The zero-order valence-corrected chi connectivity index (χ0v) is 12.3. The van der Waals surface area contributed by atoms with E-state index in [2.05, 4.69) is 19.2 Å². The Bertz CT molecular complexity index is 209. The highest BCUT2D eigenvalue weighted by Crippen LogP contribution is 2.12. The van der Waals surface area contributed by atoms with Crippen LogP contribution in [0.1, 0.15) is 46.5 Å². The molecule has 0 amide bonds. The number of esters is 1. The molecule has 0 heterocycles. The number of hydrogen-bond acceptors (Lipinski definition) is 4. The molecule has 4 heteroatoms. The molecule has 18 heavy (non-hydrogen) atoms. The van der Waals surface area contributed by atoms with E-state index in [1.54, 1.807) is 0 Å². The number of carbonyl (C=O) groups is 1. The van der Waals surface area contributed by atoms with E-state index < -0.39 is 0 Å². The molecule has 0 saturated carbocycles. The van der Waals surface area contributed by atoms with Gasteiger partial charge in [0.2, 0.25) is 0 Å². The standard InChI is InChI=1S/C14H29NO3/c1-5-8-9-12(6-2)10-18-11-13(15-7-3)14(16)17-4/h12-13,15H,5-11H2,1-4H3. The Morgan fingerprint density at radius 3 is 2.44 bits per heavy atom. The zero-order valence-electron chi connectivity index (χ0n) is 12.3. The summed E-state index contributed by atoms with van der Waals surface area (Å²) < 4.78 is 10.4. The lowest BCUT2D eigenvalue weighted by molar-refractivity contribution is -0.145. The van der Waals surface area contributed by atoms with Crippen molar-refractivity contribution < 1.29 is 14.3 Å². The van der Waals surface area contributed by atoms with Gasteiger partial charge in [-0.25, -0.2) is 0 Å². The van der Waals surface area contributed by atoms with Crippen molar-refractivity contribution in [3.05, 3.63) is 0 Å². The van der Waals surface area contributed by atoms with Crippen molar-refractivity contribution in [1.82, 2.24) is 5.32 Å². The van der Waals surface area contributed by atoms with Crippen LogP contribution in [0.2, 0.25) is 0 Å². The first-order valence-corrected chi connectivity index (χ1v) is 7.08. The van der Waals surface area contributed by atoms with Gasteiger partial charge in [0.25, 0.3) is 0 Å². The Hall–Kier alpha value is -0.610. The normalized spacial score (nSPS) is 14.2. The highest BCUT2D eigenvalue weighted by Gasteiger charge is 2.18. The predicted molar refractivity (Wildman–Crippen MR) is 73.6 cm³/mol. The molecule has 0 bridgehead atoms. The quantitative estimate of drug-likeness (QED) is 0.579. The van der Waals surface area contributed by atoms with Crippen molar-refractivity contribution >= 4 is 5.97 Å². The number of hydrogen-bond donors (Lipinski definition) is 1. The highest BCUT2D eigenvalue weighted by molar-refractivity contribution is 5.75. The molecule has 0 saturated heterocycles. The number of ether oxygens (including phenoxy) is 2. The van der Waals surface area contributed by atoms with Crippen molar-refractivity contribution in [1.29, 1.82) is 0 Å². The van der Waals surface area contributed by atoms with E-state index in [-0.39, 0.29) is 12.0 Å². The van der Waals surface area contributed by atoms with Crippen molar-refractivity contribution in [2.75, 3.05) is 26.9 Å². The predicted octanol–water partition coefficient (Wildman–Crippen LogP) is 2.37. The van der Waals surface area contributed by atoms with Gasteiger partial charge in [0.15, 0.2) is 0 Å². The molecule has 0 radical (unpaired) electrons. The van der Waals surface area contributed by atoms with Gasteiger partial charge >= 0.3 is 5.97 Å². The molecule has 0 aliphatic rings. The molecule has 2 unspecified atom stereocenters. The van der Waals surface area contributed by atoms with Crippen LogP contribution in [0.15, 0.2) is 0 Å². The van der Waals surface area contributed by atoms with Gasteiger partial charge in [0.1, 0.15) is 6.04 Å². The Morgan fingerprint density at radius 1 is 1.22 bits per heavy atom. The van der Waals surface area contributed by atoms with Crippen LogP contribution in [0.3, 0.4) is 0 Å². The third-order valence-corrected chi connectivity index (χ3v) is 3.12. The minimum absolute atomic E-state index is 0.251. The monoisotopic (exact) mass is 259 g/mol. The first-order valence-electron chi connectivity index (χ1n) is 7.08. The molecule has 0 aromatic carbocycles. The molecule has 0 fully saturated rings. The lowest BCUT2D eigenvalue weighted by Gasteiger charge is -2.18. The molecule has 108 valence electrons. The van der Waals surface area contributed by atoms with Crippen LogP contribution in [0.5, 0.6) is 0 Å². The van der Waals surface area contributed by atoms with Gasteiger partial charge in [-0.3, -0.25) is 4.79 Å². The van der Waals surface area contributed by atoms with E-state index in [0.29, 0.717) is 12.5 Å². The SMILES string of the molecule is CCCCC(CC)COCC(NCC)C(=O)OC. The van der Waals surface area contributed by atoms with E-state index in [1.165, 1.54) is 26.4 Å². The molecular weight excluding hydrogens is 230 g/mol. The maximum Gasteiger partial charge on any atom is 0.325 e. The number of carbonyl (C=O) groups excluding carboxylic acids is 1. The molecule has 2 atom stereocenters. The van der Waals surface area contributed by atoms with Crippen molar-refractivity contribution in [2.24, 2.45) is 5.92 Å². The number of methoxy groups -OCH3 is 1. The van der Waals surface area contributed by atoms with Crippen molar-refractivity contribution in [3.8, 4) is 0 Å². The molecule has 4 nitrogen and oxygen atoms in total. The summed E-state index contributed by atoms with van der Waals surface area (Å²) >= 11 is 0. The number of rotatable bonds is 11. The van der Waals surface area contributed by atoms with E-state index in [0.717, 1.165) is 19.6 Å². The van der Waals surface area contributed by atoms with E-state index in [4.69, 9.17) is 9.47 Å². The van der Waals surface area contributed by atoms with Gasteiger partial charge in [0, 0.05) is 6.61 Å². The Balaban J connectivity index is 3.91. The van der Waals surface area contributed by atoms with Gasteiger partial charge in [-0.2, -0.15) is 0 Å². The summed E-state index contributed by atoms with van der Waals surface area (Å²) in [6.45, 7) is 8.21. The van der Waals surface area contributed by atoms with Crippen LogP contribution < -0.4 is 5.32 Å². The maximum atomic E-state index is 11.5. The zero-order chi connectivity index (χ0) is 13.8. The Labute approximate surface area is 111 Å².